The summed E-state index contributed by atoms with van der Waals surface area (Å²) in [6.45, 7) is 2.21. The fraction of sp³-hybridized carbons (Fsp3) is 0.562. The maximum atomic E-state index is 10.8. The Morgan fingerprint density at radius 1 is 1.19 bits per heavy atom. The molecular weight excluding hydrogens is 272 g/mol. The topological polar surface area (TPSA) is 65.0 Å². The predicted octanol–water partition coefficient (Wildman–Crippen LogP) is 2.49. The van der Waals surface area contributed by atoms with Gasteiger partial charge in [0.05, 0.1) is 17.8 Å². The molecule has 1 atom stereocenters. The van der Waals surface area contributed by atoms with E-state index in [1.807, 2.05) is 0 Å². The van der Waals surface area contributed by atoms with Crippen molar-refractivity contribution in [2.75, 3.05) is 19.8 Å². The summed E-state index contributed by atoms with van der Waals surface area (Å²) in [5.41, 5.74) is 0.178. The van der Waals surface area contributed by atoms with Gasteiger partial charge >= 0.3 is 5.97 Å². The van der Waals surface area contributed by atoms with Crippen molar-refractivity contribution in [3.63, 3.8) is 0 Å². The number of carboxylic acids is 1. The lowest BCUT2D eigenvalue weighted by molar-refractivity contribution is -0.155. The first-order valence-corrected chi connectivity index (χ1v) is 7.39. The minimum absolute atomic E-state index is 0.0951. The van der Waals surface area contributed by atoms with E-state index in [0.717, 1.165) is 38.9 Å². The largest absolute Gasteiger partial charge is 0.490 e. The minimum atomic E-state index is -0.922. The third-order valence-electron chi connectivity index (χ3n) is 4.26. The van der Waals surface area contributed by atoms with Crippen molar-refractivity contribution in [3.8, 4) is 5.75 Å². The van der Waals surface area contributed by atoms with Crippen LogP contribution >= 0.6 is 0 Å². The molecule has 2 aliphatic rings. The molecule has 5 heteroatoms. The van der Waals surface area contributed by atoms with Crippen LogP contribution in [-0.4, -0.2) is 42.6 Å². The summed E-state index contributed by atoms with van der Waals surface area (Å²) < 4.78 is 17.4. The van der Waals surface area contributed by atoms with Gasteiger partial charge in [-0.1, -0.05) is 0 Å². The smallest absolute Gasteiger partial charge is 0.335 e. The Labute approximate surface area is 123 Å². The van der Waals surface area contributed by atoms with E-state index in [4.69, 9.17) is 19.3 Å². The van der Waals surface area contributed by atoms with Gasteiger partial charge in [-0.05, 0) is 37.1 Å². The molecular formula is C16H20O5. The summed E-state index contributed by atoms with van der Waals surface area (Å²) in [4.78, 5) is 10.8. The highest BCUT2D eigenvalue weighted by Crippen LogP contribution is 2.35. The molecule has 1 N–H and O–H groups in total. The summed E-state index contributed by atoms with van der Waals surface area (Å²) in [5, 5.41) is 8.89. The second kappa shape index (κ2) is 6.03. The Morgan fingerprint density at radius 3 is 2.57 bits per heavy atom. The summed E-state index contributed by atoms with van der Waals surface area (Å²) in [7, 11) is 0. The third kappa shape index (κ3) is 3.36. The van der Waals surface area contributed by atoms with E-state index < -0.39 is 5.97 Å². The summed E-state index contributed by atoms with van der Waals surface area (Å²) >= 11 is 0. The highest BCUT2D eigenvalue weighted by molar-refractivity contribution is 5.87. The quantitative estimate of drug-likeness (QED) is 0.927. The van der Waals surface area contributed by atoms with Crippen molar-refractivity contribution in [2.45, 2.75) is 37.4 Å². The second-order valence-corrected chi connectivity index (χ2v) is 5.71. The molecule has 2 heterocycles. The van der Waals surface area contributed by atoms with Crippen LogP contribution in [0.4, 0.5) is 0 Å². The van der Waals surface area contributed by atoms with E-state index >= 15 is 0 Å². The molecule has 2 saturated heterocycles. The maximum Gasteiger partial charge on any atom is 0.335 e. The van der Waals surface area contributed by atoms with Crippen molar-refractivity contribution in [2.24, 2.45) is 0 Å². The molecule has 0 radical (unpaired) electrons. The summed E-state index contributed by atoms with van der Waals surface area (Å²) in [5.74, 6) is -0.206. The Balaban J connectivity index is 1.62. The van der Waals surface area contributed by atoms with Crippen LogP contribution in [0.25, 0.3) is 0 Å². The van der Waals surface area contributed by atoms with Crippen LogP contribution in [0.5, 0.6) is 5.75 Å². The normalized spacial score (nSPS) is 24.7. The fourth-order valence-corrected chi connectivity index (χ4v) is 3.04. The van der Waals surface area contributed by atoms with E-state index in [2.05, 4.69) is 0 Å². The van der Waals surface area contributed by atoms with Crippen LogP contribution < -0.4 is 4.74 Å². The lowest BCUT2D eigenvalue weighted by Gasteiger charge is -2.43. The molecule has 0 saturated carbocycles. The van der Waals surface area contributed by atoms with Crippen molar-refractivity contribution in [3.05, 3.63) is 29.8 Å². The molecule has 0 amide bonds. The number of ether oxygens (including phenoxy) is 3. The van der Waals surface area contributed by atoms with Gasteiger partial charge in [0.2, 0.25) is 0 Å². The second-order valence-electron chi connectivity index (χ2n) is 5.71. The van der Waals surface area contributed by atoms with Crippen LogP contribution in [0.15, 0.2) is 24.3 Å². The van der Waals surface area contributed by atoms with Crippen molar-refractivity contribution in [1.29, 1.82) is 0 Å². The SMILES string of the molecule is O=C(O)c1ccc(OC2CCOC3(CCOCC3)C2)cc1. The van der Waals surface area contributed by atoms with Gasteiger partial charge in [0.1, 0.15) is 11.9 Å². The average Bonchev–Trinajstić information content (AvgIpc) is 2.49. The Kier molecular flexibility index (Phi) is 4.12. The first kappa shape index (κ1) is 14.4. The zero-order valence-electron chi connectivity index (χ0n) is 11.9. The molecule has 2 aliphatic heterocycles. The molecule has 114 valence electrons. The van der Waals surface area contributed by atoms with E-state index in [0.29, 0.717) is 12.4 Å². The zero-order valence-corrected chi connectivity index (χ0v) is 11.9. The van der Waals surface area contributed by atoms with Crippen LogP contribution in [-0.2, 0) is 9.47 Å². The van der Waals surface area contributed by atoms with Crippen LogP contribution in [0.3, 0.4) is 0 Å². The Hall–Kier alpha value is -1.59. The number of rotatable bonds is 3. The van der Waals surface area contributed by atoms with Crippen LogP contribution in [0.1, 0.15) is 36.0 Å². The van der Waals surface area contributed by atoms with Gasteiger partial charge in [0, 0.05) is 26.1 Å². The molecule has 1 unspecified atom stereocenters. The van der Waals surface area contributed by atoms with Gasteiger partial charge in [-0.25, -0.2) is 4.79 Å². The first-order chi connectivity index (χ1) is 10.2. The number of hydrogen-bond donors (Lipinski definition) is 1. The highest BCUT2D eigenvalue weighted by atomic mass is 16.5. The molecule has 1 spiro atoms. The average molecular weight is 292 g/mol. The van der Waals surface area contributed by atoms with Gasteiger partial charge < -0.3 is 19.3 Å². The molecule has 21 heavy (non-hydrogen) atoms. The predicted molar refractivity (Wildman–Crippen MR) is 75.8 cm³/mol. The number of benzene rings is 1. The van der Waals surface area contributed by atoms with E-state index in [-0.39, 0.29) is 17.3 Å². The van der Waals surface area contributed by atoms with E-state index in [1.165, 1.54) is 0 Å². The van der Waals surface area contributed by atoms with Gasteiger partial charge in [0.15, 0.2) is 0 Å². The maximum absolute atomic E-state index is 10.8. The number of hydrogen-bond acceptors (Lipinski definition) is 4. The molecule has 1 aromatic rings. The molecule has 0 aromatic heterocycles. The van der Waals surface area contributed by atoms with Gasteiger partial charge in [-0.3, -0.25) is 0 Å². The molecule has 5 nitrogen and oxygen atoms in total. The van der Waals surface area contributed by atoms with Crippen molar-refractivity contribution in [1.82, 2.24) is 0 Å². The monoisotopic (exact) mass is 292 g/mol. The van der Waals surface area contributed by atoms with Gasteiger partial charge in [0.25, 0.3) is 0 Å². The lowest BCUT2D eigenvalue weighted by Crippen LogP contribution is -2.47. The number of carbonyl (C=O) groups is 1. The summed E-state index contributed by atoms with van der Waals surface area (Å²) in [6, 6.07) is 6.58. The number of aromatic carboxylic acids is 1. The van der Waals surface area contributed by atoms with E-state index in [9.17, 15) is 4.79 Å². The van der Waals surface area contributed by atoms with Crippen molar-refractivity contribution >= 4 is 5.97 Å². The Bertz CT molecular complexity index is 484. The summed E-state index contributed by atoms with van der Waals surface area (Å²) in [6.07, 6.45) is 3.70. The fourth-order valence-electron chi connectivity index (χ4n) is 3.04. The Morgan fingerprint density at radius 2 is 1.90 bits per heavy atom. The molecule has 0 bridgehead atoms. The standard InChI is InChI=1S/C16H20O5/c17-15(18)12-1-3-13(4-2-12)21-14-5-8-20-16(11-14)6-9-19-10-7-16/h1-4,14H,5-11H2,(H,17,18). The first-order valence-electron chi connectivity index (χ1n) is 7.39. The molecule has 3 rings (SSSR count). The highest BCUT2D eigenvalue weighted by Gasteiger charge is 2.39. The third-order valence-corrected chi connectivity index (χ3v) is 4.26. The molecule has 0 aliphatic carbocycles. The molecule has 2 fully saturated rings. The van der Waals surface area contributed by atoms with Crippen molar-refractivity contribution < 1.29 is 24.1 Å². The van der Waals surface area contributed by atoms with Gasteiger partial charge in [-0.2, -0.15) is 0 Å². The number of carboxylic acid groups (broad SMARTS) is 1. The molecule has 1 aromatic carbocycles. The lowest BCUT2D eigenvalue weighted by atomic mass is 9.85. The van der Waals surface area contributed by atoms with Crippen LogP contribution in [0, 0.1) is 0 Å². The zero-order chi connectivity index (χ0) is 14.7. The van der Waals surface area contributed by atoms with Gasteiger partial charge in [-0.15, -0.1) is 0 Å². The van der Waals surface area contributed by atoms with Crippen LogP contribution in [0.2, 0.25) is 0 Å². The minimum Gasteiger partial charge on any atom is -0.490 e. The van der Waals surface area contributed by atoms with E-state index in [1.54, 1.807) is 24.3 Å².